The van der Waals surface area contributed by atoms with Crippen molar-refractivity contribution in [3.05, 3.63) is 30.3 Å². The Morgan fingerprint density at radius 1 is 0.694 bits per heavy atom. The molecule has 0 aliphatic rings. The SMILES string of the molecule is O=C(O)CCC(=O)NCCCOCCOCCOCCOCCOCCOS(=O)(=O)c1ccccc1. The zero-order valence-corrected chi connectivity index (χ0v) is 21.2. The molecule has 0 aliphatic heterocycles. The summed E-state index contributed by atoms with van der Waals surface area (Å²) in [5.74, 6) is -1.27. The van der Waals surface area contributed by atoms with E-state index in [1.54, 1.807) is 18.2 Å². The second kappa shape index (κ2) is 21.0. The molecule has 0 fully saturated rings. The van der Waals surface area contributed by atoms with Crippen molar-refractivity contribution in [1.82, 2.24) is 5.32 Å². The molecule has 1 aromatic carbocycles. The van der Waals surface area contributed by atoms with Gasteiger partial charge >= 0.3 is 5.97 Å². The fourth-order valence-corrected chi connectivity index (χ4v) is 3.46. The van der Waals surface area contributed by atoms with Crippen LogP contribution in [0.15, 0.2) is 35.2 Å². The minimum atomic E-state index is -3.76. The van der Waals surface area contributed by atoms with Crippen LogP contribution in [0.5, 0.6) is 0 Å². The van der Waals surface area contributed by atoms with Gasteiger partial charge in [-0.05, 0) is 18.6 Å². The lowest BCUT2D eigenvalue weighted by Crippen LogP contribution is -2.25. The molecule has 0 aromatic heterocycles. The number of carboxylic acid groups (broad SMARTS) is 1. The summed E-state index contributed by atoms with van der Waals surface area (Å²) in [6, 6.07) is 7.92. The maximum Gasteiger partial charge on any atom is 0.303 e. The van der Waals surface area contributed by atoms with Crippen LogP contribution in [0, 0.1) is 0 Å². The molecule has 0 aliphatic carbocycles. The van der Waals surface area contributed by atoms with Crippen molar-refractivity contribution in [3.8, 4) is 0 Å². The lowest BCUT2D eigenvalue weighted by atomic mass is 10.3. The van der Waals surface area contributed by atoms with Gasteiger partial charge in [0.2, 0.25) is 5.91 Å². The Balaban J connectivity index is 1.76. The van der Waals surface area contributed by atoms with Gasteiger partial charge in [-0.15, -0.1) is 0 Å². The van der Waals surface area contributed by atoms with Crippen molar-refractivity contribution in [2.24, 2.45) is 0 Å². The molecule has 0 heterocycles. The summed E-state index contributed by atoms with van der Waals surface area (Å²) >= 11 is 0. The van der Waals surface area contributed by atoms with Gasteiger partial charge in [-0.3, -0.25) is 13.8 Å². The number of hydrogen-bond donors (Lipinski definition) is 2. The maximum absolute atomic E-state index is 11.9. The van der Waals surface area contributed by atoms with Crippen molar-refractivity contribution in [3.63, 3.8) is 0 Å². The first-order valence-corrected chi connectivity index (χ1v) is 13.1. The zero-order valence-electron chi connectivity index (χ0n) is 20.4. The summed E-state index contributed by atoms with van der Waals surface area (Å²) in [7, 11) is -3.76. The second-order valence-electron chi connectivity index (χ2n) is 7.25. The molecular weight excluding hydrogens is 498 g/mol. The Bertz CT molecular complexity index is 806. The van der Waals surface area contributed by atoms with E-state index >= 15 is 0 Å². The molecule has 0 spiro atoms. The summed E-state index contributed by atoms with van der Waals surface area (Å²) in [5.41, 5.74) is 0. The molecule has 13 heteroatoms. The summed E-state index contributed by atoms with van der Waals surface area (Å²) in [5, 5.41) is 11.1. The Morgan fingerprint density at radius 2 is 1.17 bits per heavy atom. The second-order valence-corrected chi connectivity index (χ2v) is 8.86. The van der Waals surface area contributed by atoms with Crippen LogP contribution in [0.3, 0.4) is 0 Å². The number of ether oxygens (including phenoxy) is 5. The van der Waals surface area contributed by atoms with Gasteiger partial charge in [0.1, 0.15) is 0 Å². The van der Waals surface area contributed by atoms with Crippen molar-refractivity contribution >= 4 is 22.0 Å². The summed E-state index contributed by atoms with van der Waals surface area (Å²) < 4.78 is 55.5. The molecule has 12 nitrogen and oxygen atoms in total. The third-order valence-corrected chi connectivity index (χ3v) is 5.67. The summed E-state index contributed by atoms with van der Waals surface area (Å²) in [4.78, 5) is 21.8. The number of benzene rings is 1. The molecule has 36 heavy (non-hydrogen) atoms. The molecule has 1 aromatic rings. The number of carbonyl (C=O) groups excluding carboxylic acids is 1. The molecule has 0 bridgehead atoms. The quantitative estimate of drug-likeness (QED) is 0.143. The van der Waals surface area contributed by atoms with E-state index in [0.29, 0.717) is 72.4 Å². The van der Waals surface area contributed by atoms with Crippen LogP contribution < -0.4 is 5.32 Å². The van der Waals surface area contributed by atoms with Crippen LogP contribution in [0.1, 0.15) is 19.3 Å². The van der Waals surface area contributed by atoms with Crippen LogP contribution in [0.2, 0.25) is 0 Å². The molecule has 0 atom stereocenters. The molecule has 0 saturated carbocycles. The van der Waals surface area contributed by atoms with Crippen molar-refractivity contribution in [1.29, 1.82) is 0 Å². The largest absolute Gasteiger partial charge is 0.481 e. The lowest BCUT2D eigenvalue weighted by molar-refractivity contribution is -0.138. The molecule has 206 valence electrons. The molecule has 1 amide bonds. The van der Waals surface area contributed by atoms with Crippen molar-refractivity contribution in [2.75, 3.05) is 79.2 Å². The highest BCUT2D eigenvalue weighted by Gasteiger charge is 2.13. The first kappa shape index (κ1) is 31.9. The van der Waals surface area contributed by atoms with Gasteiger partial charge in [0.15, 0.2) is 0 Å². The first-order chi connectivity index (χ1) is 17.4. The van der Waals surface area contributed by atoms with E-state index in [1.165, 1.54) is 12.1 Å². The van der Waals surface area contributed by atoms with Gasteiger partial charge in [0, 0.05) is 19.6 Å². The predicted molar refractivity (Wildman–Crippen MR) is 128 cm³/mol. The van der Waals surface area contributed by atoms with Gasteiger partial charge in [0.05, 0.1) is 77.4 Å². The molecule has 1 rings (SSSR count). The van der Waals surface area contributed by atoms with Gasteiger partial charge in [-0.2, -0.15) is 8.42 Å². The van der Waals surface area contributed by atoms with E-state index in [0.717, 1.165) is 0 Å². The van der Waals surface area contributed by atoms with E-state index in [2.05, 4.69) is 5.32 Å². The van der Waals surface area contributed by atoms with Crippen LogP contribution in [0.4, 0.5) is 0 Å². The van der Waals surface area contributed by atoms with E-state index < -0.39 is 16.1 Å². The van der Waals surface area contributed by atoms with E-state index in [4.69, 9.17) is 33.0 Å². The predicted octanol–water partition coefficient (Wildman–Crippen LogP) is 0.846. The Hall–Kier alpha value is -2.13. The highest BCUT2D eigenvalue weighted by Crippen LogP contribution is 2.10. The van der Waals surface area contributed by atoms with E-state index in [-0.39, 0.29) is 36.9 Å². The van der Waals surface area contributed by atoms with Crippen LogP contribution in [-0.4, -0.2) is 105 Å². The highest BCUT2D eigenvalue weighted by molar-refractivity contribution is 7.86. The van der Waals surface area contributed by atoms with Crippen molar-refractivity contribution in [2.45, 2.75) is 24.2 Å². The lowest BCUT2D eigenvalue weighted by Gasteiger charge is -2.08. The molecule has 0 unspecified atom stereocenters. The van der Waals surface area contributed by atoms with Crippen LogP contribution >= 0.6 is 0 Å². The van der Waals surface area contributed by atoms with E-state index in [9.17, 15) is 18.0 Å². The number of carbonyl (C=O) groups is 2. The monoisotopic (exact) mass is 535 g/mol. The average Bonchev–Trinajstić information content (AvgIpc) is 2.86. The maximum atomic E-state index is 11.9. The van der Waals surface area contributed by atoms with Gasteiger partial charge in [-0.25, -0.2) is 0 Å². The normalized spacial score (nSPS) is 11.4. The van der Waals surface area contributed by atoms with Crippen molar-refractivity contribution < 1.29 is 51.0 Å². The minimum absolute atomic E-state index is 0.0196. The van der Waals surface area contributed by atoms with Crippen LogP contribution in [0.25, 0.3) is 0 Å². The Morgan fingerprint density at radius 3 is 1.67 bits per heavy atom. The average molecular weight is 536 g/mol. The zero-order chi connectivity index (χ0) is 26.3. The number of nitrogens with one attached hydrogen (secondary N) is 1. The van der Waals surface area contributed by atoms with Gasteiger partial charge in [-0.1, -0.05) is 18.2 Å². The van der Waals surface area contributed by atoms with Gasteiger partial charge in [0.25, 0.3) is 10.1 Å². The fourth-order valence-electron chi connectivity index (χ4n) is 2.55. The fraction of sp³-hybridized carbons (Fsp3) is 0.652. The number of aliphatic carboxylic acids is 1. The number of hydrogen-bond acceptors (Lipinski definition) is 10. The smallest absolute Gasteiger partial charge is 0.303 e. The molecular formula is C23H37NO11S. The number of carboxylic acids is 1. The molecule has 0 saturated heterocycles. The Kier molecular flexibility index (Phi) is 18.6. The number of amides is 1. The van der Waals surface area contributed by atoms with Gasteiger partial charge < -0.3 is 34.1 Å². The summed E-state index contributed by atoms with van der Waals surface area (Å²) in [6.07, 6.45) is 0.445. The molecule has 0 radical (unpaired) electrons. The van der Waals surface area contributed by atoms with E-state index in [1.807, 2.05) is 0 Å². The number of rotatable bonds is 24. The minimum Gasteiger partial charge on any atom is -0.481 e. The summed E-state index contributed by atoms with van der Waals surface area (Å²) in [6.45, 7) is 4.18. The Labute approximate surface area is 212 Å². The van der Waals surface area contributed by atoms with Crippen LogP contribution in [-0.2, 0) is 47.6 Å². The third kappa shape index (κ3) is 18.2. The first-order valence-electron chi connectivity index (χ1n) is 11.7. The topological polar surface area (TPSA) is 156 Å². The highest BCUT2D eigenvalue weighted by atomic mass is 32.2. The molecule has 2 N–H and O–H groups in total. The standard InChI is InChI=1S/C23H37NO11S/c25-22(7-8-23(26)27)24-9-4-10-30-11-12-31-13-14-32-15-16-33-17-18-34-19-20-35-36(28,29)21-5-2-1-3-6-21/h1-3,5-6H,4,7-20H2,(H,24,25)(H,26,27). The third-order valence-electron chi connectivity index (χ3n) is 4.34.